The number of likely N-dealkylation sites (tertiary alicyclic amines) is 1. The van der Waals surface area contributed by atoms with Gasteiger partial charge in [0, 0.05) is 31.7 Å². The van der Waals surface area contributed by atoms with E-state index in [0.717, 1.165) is 16.8 Å². The third-order valence-corrected chi connectivity index (χ3v) is 5.40. The van der Waals surface area contributed by atoms with Gasteiger partial charge in [-0.15, -0.1) is 0 Å². The van der Waals surface area contributed by atoms with E-state index in [1.165, 1.54) is 17.4 Å². The zero-order valence-electron chi connectivity index (χ0n) is 17.1. The second-order valence-corrected chi connectivity index (χ2v) is 7.59. The van der Waals surface area contributed by atoms with Crippen LogP contribution in [0, 0.1) is 19.8 Å². The summed E-state index contributed by atoms with van der Waals surface area (Å²) in [7, 11) is 1.65. The fourth-order valence-corrected chi connectivity index (χ4v) is 3.69. The minimum atomic E-state index is -0.217. The molecule has 1 aliphatic heterocycles. The maximum absolute atomic E-state index is 12.8. The SMILES string of the molecule is Cc1cccc(C)c1NC(=O)CN(C)C(=O)C1CCN(C(=O)c2ccoc2)CC1. The summed E-state index contributed by atoms with van der Waals surface area (Å²) in [4.78, 5) is 40.7. The minimum absolute atomic E-state index is 0.000766. The van der Waals surface area contributed by atoms with Crippen LogP contribution in [0.4, 0.5) is 5.69 Å². The number of aryl methyl sites for hydroxylation is 2. The van der Waals surface area contributed by atoms with E-state index >= 15 is 0 Å². The summed E-state index contributed by atoms with van der Waals surface area (Å²) in [6.07, 6.45) is 4.08. The van der Waals surface area contributed by atoms with Crippen molar-refractivity contribution in [3.63, 3.8) is 0 Å². The third-order valence-electron chi connectivity index (χ3n) is 5.40. The van der Waals surface area contributed by atoms with E-state index in [4.69, 9.17) is 4.42 Å². The van der Waals surface area contributed by atoms with Crippen LogP contribution in [0.5, 0.6) is 0 Å². The molecule has 1 N–H and O–H groups in total. The summed E-state index contributed by atoms with van der Waals surface area (Å²) >= 11 is 0. The number of hydrogen-bond acceptors (Lipinski definition) is 4. The van der Waals surface area contributed by atoms with Crippen molar-refractivity contribution in [3.05, 3.63) is 53.5 Å². The number of benzene rings is 1. The molecular weight excluding hydrogens is 370 g/mol. The van der Waals surface area contributed by atoms with Crippen molar-refractivity contribution in [3.8, 4) is 0 Å². The van der Waals surface area contributed by atoms with Gasteiger partial charge in [-0.3, -0.25) is 14.4 Å². The maximum atomic E-state index is 12.8. The van der Waals surface area contributed by atoms with Crippen LogP contribution in [0.3, 0.4) is 0 Å². The predicted molar refractivity (Wildman–Crippen MR) is 110 cm³/mol. The van der Waals surface area contributed by atoms with Crippen molar-refractivity contribution in [2.75, 3.05) is 32.0 Å². The largest absolute Gasteiger partial charge is 0.472 e. The van der Waals surface area contributed by atoms with Gasteiger partial charge in [-0.1, -0.05) is 18.2 Å². The van der Waals surface area contributed by atoms with E-state index in [0.29, 0.717) is 31.5 Å². The van der Waals surface area contributed by atoms with Gasteiger partial charge >= 0.3 is 0 Å². The summed E-state index contributed by atoms with van der Waals surface area (Å²) in [6, 6.07) is 7.47. The Labute approximate surface area is 170 Å². The second-order valence-electron chi connectivity index (χ2n) is 7.59. The Kier molecular flexibility index (Phi) is 6.36. The number of furan rings is 1. The molecule has 0 saturated carbocycles. The summed E-state index contributed by atoms with van der Waals surface area (Å²) < 4.78 is 4.97. The van der Waals surface area contributed by atoms with Gasteiger partial charge in [0.1, 0.15) is 6.26 Å². The first-order valence-electron chi connectivity index (χ1n) is 9.79. The number of likely N-dealkylation sites (N-methyl/N-ethyl adjacent to an activating group) is 1. The molecule has 0 spiro atoms. The molecular formula is C22H27N3O4. The third kappa shape index (κ3) is 4.85. The molecule has 154 valence electrons. The van der Waals surface area contributed by atoms with E-state index in [9.17, 15) is 14.4 Å². The summed E-state index contributed by atoms with van der Waals surface area (Å²) in [5.74, 6) is -0.532. The lowest BCUT2D eigenvalue weighted by Gasteiger charge is -2.33. The molecule has 0 radical (unpaired) electrons. The number of anilines is 1. The first-order chi connectivity index (χ1) is 13.9. The van der Waals surface area contributed by atoms with Crippen LogP contribution in [-0.2, 0) is 9.59 Å². The smallest absolute Gasteiger partial charge is 0.257 e. The lowest BCUT2D eigenvalue weighted by molar-refractivity contribution is -0.138. The summed E-state index contributed by atoms with van der Waals surface area (Å²) in [5.41, 5.74) is 3.29. The van der Waals surface area contributed by atoms with E-state index in [-0.39, 0.29) is 30.2 Å². The van der Waals surface area contributed by atoms with Crippen molar-refractivity contribution in [1.82, 2.24) is 9.80 Å². The van der Waals surface area contributed by atoms with Gasteiger partial charge in [0.15, 0.2) is 0 Å². The standard InChI is InChI=1S/C22H27N3O4/c1-15-5-4-6-16(2)20(15)23-19(26)13-24(3)21(27)17-7-10-25(11-8-17)22(28)18-9-12-29-14-18/h4-6,9,12,14,17H,7-8,10-11,13H2,1-3H3,(H,23,26). The molecule has 0 atom stereocenters. The number of carbonyl (C=O) groups is 3. The van der Waals surface area contributed by atoms with Crippen molar-refractivity contribution < 1.29 is 18.8 Å². The first-order valence-corrected chi connectivity index (χ1v) is 9.79. The zero-order valence-corrected chi connectivity index (χ0v) is 17.1. The van der Waals surface area contributed by atoms with E-state index in [1.54, 1.807) is 18.0 Å². The van der Waals surface area contributed by atoms with Crippen molar-refractivity contribution >= 4 is 23.4 Å². The fourth-order valence-electron chi connectivity index (χ4n) is 3.69. The molecule has 0 aliphatic carbocycles. The molecule has 7 heteroatoms. The number of nitrogens with one attached hydrogen (secondary N) is 1. The van der Waals surface area contributed by atoms with Crippen LogP contribution in [0.15, 0.2) is 41.2 Å². The minimum Gasteiger partial charge on any atom is -0.472 e. The quantitative estimate of drug-likeness (QED) is 0.841. The average molecular weight is 397 g/mol. The highest BCUT2D eigenvalue weighted by Gasteiger charge is 2.30. The number of piperidine rings is 1. The van der Waals surface area contributed by atoms with Gasteiger partial charge in [-0.2, -0.15) is 0 Å². The van der Waals surface area contributed by atoms with Gasteiger partial charge in [-0.05, 0) is 43.9 Å². The van der Waals surface area contributed by atoms with Crippen LogP contribution >= 0.6 is 0 Å². The molecule has 0 bridgehead atoms. The molecule has 1 aliphatic rings. The van der Waals surface area contributed by atoms with Gasteiger partial charge in [-0.25, -0.2) is 0 Å². The van der Waals surface area contributed by atoms with Crippen molar-refractivity contribution in [2.24, 2.45) is 5.92 Å². The van der Waals surface area contributed by atoms with Gasteiger partial charge in [0.05, 0.1) is 18.4 Å². The number of hydrogen-bond donors (Lipinski definition) is 1. The molecule has 2 aromatic rings. The van der Waals surface area contributed by atoms with E-state index in [2.05, 4.69) is 5.32 Å². The number of para-hydroxylation sites is 1. The highest BCUT2D eigenvalue weighted by atomic mass is 16.3. The lowest BCUT2D eigenvalue weighted by Crippen LogP contribution is -2.45. The topological polar surface area (TPSA) is 82.9 Å². The van der Waals surface area contributed by atoms with Crippen molar-refractivity contribution in [1.29, 1.82) is 0 Å². The molecule has 3 rings (SSSR count). The van der Waals surface area contributed by atoms with Crippen LogP contribution < -0.4 is 5.32 Å². The molecule has 3 amide bonds. The van der Waals surface area contributed by atoms with Gasteiger partial charge in [0.2, 0.25) is 11.8 Å². The Bertz CT molecular complexity index is 863. The Hall–Kier alpha value is -3.09. The molecule has 1 aromatic carbocycles. The van der Waals surface area contributed by atoms with Crippen LogP contribution in [0.2, 0.25) is 0 Å². The predicted octanol–water partition coefficient (Wildman–Crippen LogP) is 2.85. The van der Waals surface area contributed by atoms with Gasteiger partial charge < -0.3 is 19.5 Å². The number of rotatable bonds is 5. The average Bonchev–Trinajstić information content (AvgIpc) is 3.24. The molecule has 1 saturated heterocycles. The molecule has 0 unspecified atom stereocenters. The molecule has 2 heterocycles. The fraction of sp³-hybridized carbons (Fsp3) is 0.409. The number of carbonyl (C=O) groups excluding carboxylic acids is 3. The highest BCUT2D eigenvalue weighted by molar-refractivity contribution is 5.96. The first kappa shape index (κ1) is 20.6. The van der Waals surface area contributed by atoms with Crippen LogP contribution in [0.25, 0.3) is 0 Å². The van der Waals surface area contributed by atoms with E-state index in [1.807, 2.05) is 32.0 Å². The normalized spacial score (nSPS) is 14.5. The molecule has 29 heavy (non-hydrogen) atoms. The zero-order chi connectivity index (χ0) is 21.0. The molecule has 7 nitrogen and oxygen atoms in total. The lowest BCUT2D eigenvalue weighted by atomic mass is 9.95. The number of amides is 3. The molecule has 1 aromatic heterocycles. The van der Waals surface area contributed by atoms with Crippen LogP contribution in [-0.4, -0.2) is 54.2 Å². The van der Waals surface area contributed by atoms with Gasteiger partial charge in [0.25, 0.3) is 5.91 Å². The maximum Gasteiger partial charge on any atom is 0.257 e. The Morgan fingerprint density at radius 3 is 2.38 bits per heavy atom. The van der Waals surface area contributed by atoms with Crippen molar-refractivity contribution in [2.45, 2.75) is 26.7 Å². The monoisotopic (exact) mass is 397 g/mol. The highest BCUT2D eigenvalue weighted by Crippen LogP contribution is 2.22. The summed E-state index contributed by atoms with van der Waals surface area (Å²) in [6.45, 7) is 4.92. The Morgan fingerprint density at radius 1 is 1.14 bits per heavy atom. The molecule has 1 fully saturated rings. The van der Waals surface area contributed by atoms with E-state index < -0.39 is 0 Å². The second kappa shape index (κ2) is 8.94. The number of nitrogens with zero attached hydrogens (tertiary/aromatic N) is 2. The van der Waals surface area contributed by atoms with Crippen LogP contribution in [0.1, 0.15) is 34.3 Å². The Morgan fingerprint density at radius 2 is 1.79 bits per heavy atom. The summed E-state index contributed by atoms with van der Waals surface area (Å²) in [5, 5.41) is 2.91. The Balaban J connectivity index is 1.50.